The number of aromatic nitrogens is 1. The lowest BCUT2D eigenvalue weighted by Gasteiger charge is -2.16. The molecular formula is C22H22N2O4. The molecule has 0 unspecified atom stereocenters. The molecule has 1 aromatic heterocycles. The van der Waals surface area contributed by atoms with Crippen molar-refractivity contribution in [2.24, 2.45) is 5.92 Å². The van der Waals surface area contributed by atoms with Crippen LogP contribution in [-0.4, -0.2) is 30.0 Å². The molecule has 1 saturated heterocycles. The van der Waals surface area contributed by atoms with Gasteiger partial charge in [0, 0.05) is 24.2 Å². The number of amides is 1. The summed E-state index contributed by atoms with van der Waals surface area (Å²) < 4.78 is 10.9. The van der Waals surface area contributed by atoms with Crippen LogP contribution in [0, 0.1) is 5.92 Å². The normalized spacial score (nSPS) is 16.7. The lowest BCUT2D eigenvalue weighted by molar-refractivity contribution is -0.147. The Hall–Kier alpha value is -3.15. The molecule has 6 nitrogen and oxygen atoms in total. The van der Waals surface area contributed by atoms with Gasteiger partial charge in [-0.15, -0.1) is 0 Å². The third-order valence-corrected chi connectivity index (χ3v) is 5.04. The number of benzene rings is 2. The second kappa shape index (κ2) is 7.46. The summed E-state index contributed by atoms with van der Waals surface area (Å²) in [5.41, 5.74) is 4.22. The topological polar surface area (TPSA) is 72.6 Å². The SMILES string of the molecule is CCOC(=O)[C@@H]1CC(=O)N(c2ccc3oc(-c4ccc(CC)cc4)nc3c2)C1. The fourth-order valence-electron chi connectivity index (χ4n) is 3.47. The molecule has 0 bridgehead atoms. The van der Waals surface area contributed by atoms with E-state index in [9.17, 15) is 9.59 Å². The first kappa shape index (κ1) is 18.2. The van der Waals surface area contributed by atoms with Gasteiger partial charge in [-0.25, -0.2) is 4.98 Å². The highest BCUT2D eigenvalue weighted by Crippen LogP contribution is 2.31. The summed E-state index contributed by atoms with van der Waals surface area (Å²) in [6.07, 6.45) is 1.15. The molecule has 0 radical (unpaired) electrons. The van der Waals surface area contributed by atoms with Gasteiger partial charge in [-0.2, -0.15) is 0 Å². The lowest BCUT2D eigenvalue weighted by atomic mass is 10.1. The maximum atomic E-state index is 12.4. The van der Waals surface area contributed by atoms with E-state index >= 15 is 0 Å². The van der Waals surface area contributed by atoms with Gasteiger partial charge in [0.2, 0.25) is 11.8 Å². The quantitative estimate of drug-likeness (QED) is 0.628. The number of carbonyl (C=O) groups is 2. The van der Waals surface area contributed by atoms with E-state index < -0.39 is 5.92 Å². The average molecular weight is 378 g/mol. The predicted octanol–water partition coefficient (Wildman–Crippen LogP) is 3.97. The van der Waals surface area contributed by atoms with Crippen LogP contribution in [-0.2, 0) is 20.7 Å². The maximum absolute atomic E-state index is 12.4. The van der Waals surface area contributed by atoms with Crippen LogP contribution in [0.4, 0.5) is 5.69 Å². The Morgan fingerprint density at radius 1 is 1.21 bits per heavy atom. The van der Waals surface area contributed by atoms with Crippen molar-refractivity contribution in [3.63, 3.8) is 0 Å². The monoisotopic (exact) mass is 378 g/mol. The van der Waals surface area contributed by atoms with E-state index in [1.165, 1.54) is 5.56 Å². The smallest absolute Gasteiger partial charge is 0.311 e. The highest BCUT2D eigenvalue weighted by Gasteiger charge is 2.36. The predicted molar refractivity (Wildman–Crippen MR) is 106 cm³/mol. The highest BCUT2D eigenvalue weighted by molar-refractivity contribution is 6.00. The van der Waals surface area contributed by atoms with E-state index in [2.05, 4.69) is 24.0 Å². The largest absolute Gasteiger partial charge is 0.466 e. The molecule has 2 aromatic carbocycles. The van der Waals surface area contributed by atoms with Crippen molar-refractivity contribution < 1.29 is 18.7 Å². The minimum Gasteiger partial charge on any atom is -0.466 e. The van der Waals surface area contributed by atoms with Crippen LogP contribution >= 0.6 is 0 Å². The fraction of sp³-hybridized carbons (Fsp3) is 0.318. The molecule has 3 aromatic rings. The van der Waals surface area contributed by atoms with Gasteiger partial charge in [-0.05, 0) is 49.2 Å². The molecular weight excluding hydrogens is 356 g/mol. The molecule has 1 aliphatic rings. The Balaban J connectivity index is 1.59. The Morgan fingerprint density at radius 3 is 2.71 bits per heavy atom. The molecule has 0 saturated carbocycles. The van der Waals surface area contributed by atoms with Crippen molar-refractivity contribution in [3.05, 3.63) is 48.0 Å². The number of oxazole rings is 1. The zero-order valence-electron chi connectivity index (χ0n) is 16.0. The zero-order chi connectivity index (χ0) is 19.7. The molecule has 0 aliphatic carbocycles. The average Bonchev–Trinajstić information content (AvgIpc) is 3.31. The van der Waals surface area contributed by atoms with Crippen molar-refractivity contribution in [2.75, 3.05) is 18.1 Å². The van der Waals surface area contributed by atoms with Crippen molar-refractivity contribution in [2.45, 2.75) is 26.7 Å². The van der Waals surface area contributed by atoms with Crippen LogP contribution in [0.15, 0.2) is 46.9 Å². The minimum atomic E-state index is -0.423. The van der Waals surface area contributed by atoms with E-state index in [-0.39, 0.29) is 18.3 Å². The number of ether oxygens (including phenoxy) is 1. The first-order valence-electron chi connectivity index (χ1n) is 9.56. The van der Waals surface area contributed by atoms with Gasteiger partial charge in [0.15, 0.2) is 5.58 Å². The second-order valence-electron chi connectivity index (χ2n) is 6.88. The Kier molecular flexibility index (Phi) is 4.86. The highest BCUT2D eigenvalue weighted by atomic mass is 16.5. The molecule has 1 amide bonds. The molecule has 1 fully saturated rings. The van der Waals surface area contributed by atoms with Crippen LogP contribution in [0.5, 0.6) is 0 Å². The van der Waals surface area contributed by atoms with Crippen molar-refractivity contribution in [1.29, 1.82) is 0 Å². The first-order chi connectivity index (χ1) is 13.6. The number of rotatable bonds is 5. The van der Waals surface area contributed by atoms with E-state index in [4.69, 9.17) is 9.15 Å². The summed E-state index contributed by atoms with van der Waals surface area (Å²) in [4.78, 5) is 30.5. The van der Waals surface area contributed by atoms with Gasteiger partial charge < -0.3 is 14.1 Å². The van der Waals surface area contributed by atoms with Crippen molar-refractivity contribution in [1.82, 2.24) is 4.98 Å². The molecule has 1 aliphatic heterocycles. The summed E-state index contributed by atoms with van der Waals surface area (Å²) in [6.45, 7) is 4.52. The second-order valence-corrected chi connectivity index (χ2v) is 6.88. The van der Waals surface area contributed by atoms with Crippen LogP contribution in [0.25, 0.3) is 22.6 Å². The van der Waals surface area contributed by atoms with E-state index in [0.717, 1.165) is 12.0 Å². The van der Waals surface area contributed by atoms with Gasteiger partial charge in [-0.1, -0.05) is 19.1 Å². The molecule has 0 spiro atoms. The zero-order valence-corrected chi connectivity index (χ0v) is 16.0. The Labute approximate surface area is 163 Å². The number of hydrogen-bond acceptors (Lipinski definition) is 5. The molecule has 4 rings (SSSR count). The number of hydrogen-bond donors (Lipinski definition) is 0. The molecule has 6 heteroatoms. The fourth-order valence-corrected chi connectivity index (χ4v) is 3.47. The first-order valence-corrected chi connectivity index (χ1v) is 9.56. The molecule has 0 N–H and O–H groups in total. The third-order valence-electron chi connectivity index (χ3n) is 5.04. The van der Waals surface area contributed by atoms with Crippen LogP contribution in [0.1, 0.15) is 25.8 Å². The molecule has 28 heavy (non-hydrogen) atoms. The lowest BCUT2D eigenvalue weighted by Crippen LogP contribution is -2.26. The number of anilines is 1. The molecule has 1 atom stereocenters. The summed E-state index contributed by atoms with van der Waals surface area (Å²) >= 11 is 0. The third kappa shape index (κ3) is 3.38. The number of esters is 1. The standard InChI is InChI=1S/C22H22N2O4/c1-3-14-5-7-15(8-6-14)21-23-18-12-17(9-10-19(18)28-21)24-13-16(11-20(24)25)22(26)27-4-2/h5-10,12,16H,3-4,11,13H2,1-2H3/t16-/m1/s1. The van der Waals surface area contributed by atoms with Gasteiger partial charge in [0.1, 0.15) is 5.52 Å². The maximum Gasteiger partial charge on any atom is 0.311 e. The molecule has 2 heterocycles. The molecule has 144 valence electrons. The number of carbonyl (C=O) groups excluding carboxylic acids is 2. The summed E-state index contributed by atoms with van der Waals surface area (Å²) in [5.74, 6) is -0.282. The Morgan fingerprint density at radius 2 is 2.00 bits per heavy atom. The minimum absolute atomic E-state index is 0.0868. The van der Waals surface area contributed by atoms with E-state index in [0.29, 0.717) is 35.8 Å². The van der Waals surface area contributed by atoms with E-state index in [1.54, 1.807) is 11.8 Å². The van der Waals surface area contributed by atoms with Crippen LogP contribution in [0.2, 0.25) is 0 Å². The van der Waals surface area contributed by atoms with Crippen LogP contribution in [0.3, 0.4) is 0 Å². The Bertz CT molecular complexity index is 1020. The summed E-state index contributed by atoms with van der Waals surface area (Å²) in [7, 11) is 0. The summed E-state index contributed by atoms with van der Waals surface area (Å²) in [5, 5.41) is 0. The van der Waals surface area contributed by atoms with Gasteiger partial charge >= 0.3 is 5.97 Å². The van der Waals surface area contributed by atoms with Gasteiger partial charge in [0.25, 0.3) is 0 Å². The van der Waals surface area contributed by atoms with Crippen LogP contribution < -0.4 is 4.90 Å². The number of fused-ring (bicyclic) bond motifs is 1. The van der Waals surface area contributed by atoms with Crippen molar-refractivity contribution >= 4 is 28.7 Å². The summed E-state index contributed by atoms with van der Waals surface area (Å²) in [6, 6.07) is 13.6. The number of aryl methyl sites for hydroxylation is 1. The van der Waals surface area contributed by atoms with E-state index in [1.807, 2.05) is 30.3 Å². The van der Waals surface area contributed by atoms with Gasteiger partial charge in [0.05, 0.1) is 12.5 Å². The van der Waals surface area contributed by atoms with Gasteiger partial charge in [-0.3, -0.25) is 9.59 Å². The van der Waals surface area contributed by atoms with Crippen molar-refractivity contribution in [3.8, 4) is 11.5 Å². The number of nitrogens with zero attached hydrogens (tertiary/aromatic N) is 2.